The summed E-state index contributed by atoms with van der Waals surface area (Å²) in [5.74, 6) is -1.94. The van der Waals surface area contributed by atoms with Crippen molar-refractivity contribution in [3.8, 4) is 0 Å². The van der Waals surface area contributed by atoms with E-state index >= 15 is 0 Å². The first kappa shape index (κ1) is 15.0. The summed E-state index contributed by atoms with van der Waals surface area (Å²) in [7, 11) is -4.08. The van der Waals surface area contributed by atoms with Crippen molar-refractivity contribution in [3.05, 3.63) is 59.4 Å². The Morgan fingerprint density at radius 2 is 1.81 bits per heavy atom. The van der Waals surface area contributed by atoms with E-state index in [-0.39, 0.29) is 21.7 Å². The number of carboxylic acid groups (broad SMARTS) is 1. The summed E-state index contributed by atoms with van der Waals surface area (Å²) in [6, 6.07) is 9.23. The molecule has 0 aliphatic heterocycles. The molecule has 0 saturated carbocycles. The van der Waals surface area contributed by atoms with Gasteiger partial charge in [-0.25, -0.2) is 17.6 Å². The van der Waals surface area contributed by atoms with E-state index in [0.29, 0.717) is 0 Å². The Morgan fingerprint density at radius 1 is 1.14 bits per heavy atom. The molecule has 0 amide bonds. The molecule has 0 atom stereocenters. The van der Waals surface area contributed by atoms with Gasteiger partial charge in [0.25, 0.3) is 10.0 Å². The molecular formula is C14H12FNO4S. The summed E-state index contributed by atoms with van der Waals surface area (Å²) >= 11 is 0. The van der Waals surface area contributed by atoms with Crippen LogP contribution in [0.4, 0.5) is 10.1 Å². The minimum atomic E-state index is -4.08. The number of sulfonamides is 1. The van der Waals surface area contributed by atoms with Crippen molar-refractivity contribution in [1.82, 2.24) is 0 Å². The molecule has 2 N–H and O–H groups in total. The molecule has 110 valence electrons. The normalized spacial score (nSPS) is 11.1. The van der Waals surface area contributed by atoms with Crippen molar-refractivity contribution in [3.63, 3.8) is 0 Å². The van der Waals surface area contributed by atoms with Crippen LogP contribution in [0.15, 0.2) is 47.4 Å². The van der Waals surface area contributed by atoms with E-state index in [1.165, 1.54) is 43.3 Å². The number of carbonyl (C=O) groups is 1. The van der Waals surface area contributed by atoms with Crippen molar-refractivity contribution in [2.45, 2.75) is 11.8 Å². The summed E-state index contributed by atoms with van der Waals surface area (Å²) in [5.41, 5.74) is -0.224. The highest BCUT2D eigenvalue weighted by Crippen LogP contribution is 2.23. The number of benzene rings is 2. The van der Waals surface area contributed by atoms with Crippen LogP contribution in [0.3, 0.4) is 0 Å². The highest BCUT2D eigenvalue weighted by molar-refractivity contribution is 7.92. The molecule has 0 heterocycles. The third-order valence-corrected chi connectivity index (χ3v) is 4.43. The fraction of sp³-hybridized carbons (Fsp3) is 0.0714. The van der Waals surface area contributed by atoms with E-state index in [2.05, 4.69) is 4.72 Å². The third kappa shape index (κ3) is 3.03. The lowest BCUT2D eigenvalue weighted by Crippen LogP contribution is -2.16. The second-order valence-corrected chi connectivity index (χ2v) is 5.97. The van der Waals surface area contributed by atoms with Crippen LogP contribution in [0, 0.1) is 12.7 Å². The lowest BCUT2D eigenvalue weighted by molar-refractivity contribution is 0.0696. The minimum Gasteiger partial charge on any atom is -0.478 e. The number of halogens is 1. The predicted molar refractivity (Wildman–Crippen MR) is 75.3 cm³/mol. The molecule has 0 bridgehead atoms. The molecule has 2 aromatic rings. The highest BCUT2D eigenvalue weighted by atomic mass is 32.2. The van der Waals surface area contributed by atoms with E-state index in [1.807, 2.05) is 0 Å². The van der Waals surface area contributed by atoms with Crippen LogP contribution < -0.4 is 4.72 Å². The van der Waals surface area contributed by atoms with E-state index in [4.69, 9.17) is 5.11 Å². The van der Waals surface area contributed by atoms with Gasteiger partial charge in [-0.15, -0.1) is 0 Å². The van der Waals surface area contributed by atoms with Crippen LogP contribution >= 0.6 is 0 Å². The predicted octanol–water partition coefficient (Wildman–Crippen LogP) is 2.63. The fourth-order valence-corrected chi connectivity index (χ4v) is 3.22. The van der Waals surface area contributed by atoms with Crippen molar-refractivity contribution in [2.75, 3.05) is 4.72 Å². The van der Waals surface area contributed by atoms with Gasteiger partial charge in [0.15, 0.2) is 0 Å². The molecule has 2 aromatic carbocycles. The molecule has 0 aliphatic carbocycles. The Balaban J connectivity index is 2.48. The van der Waals surface area contributed by atoms with Crippen molar-refractivity contribution in [2.24, 2.45) is 0 Å². The number of carboxylic acids is 1. The fourth-order valence-electron chi connectivity index (χ4n) is 1.88. The van der Waals surface area contributed by atoms with Gasteiger partial charge in [-0.3, -0.25) is 4.72 Å². The molecule has 0 spiro atoms. The van der Waals surface area contributed by atoms with Crippen LogP contribution in [0.2, 0.25) is 0 Å². The Bertz CT molecular complexity index is 802. The third-order valence-electron chi connectivity index (χ3n) is 2.92. The summed E-state index contributed by atoms with van der Waals surface area (Å²) in [5, 5.41) is 9.01. The van der Waals surface area contributed by atoms with Crippen molar-refractivity contribution < 1.29 is 22.7 Å². The van der Waals surface area contributed by atoms with Crippen LogP contribution in [0.5, 0.6) is 0 Å². The topological polar surface area (TPSA) is 83.5 Å². The summed E-state index contributed by atoms with van der Waals surface area (Å²) in [6.45, 7) is 1.39. The van der Waals surface area contributed by atoms with E-state index < -0.39 is 21.8 Å². The second-order valence-electron chi connectivity index (χ2n) is 4.32. The zero-order chi connectivity index (χ0) is 15.6. The second kappa shape index (κ2) is 5.53. The van der Waals surface area contributed by atoms with Gasteiger partial charge in [-0.1, -0.05) is 18.2 Å². The molecule has 5 nitrogen and oxygen atoms in total. The molecule has 21 heavy (non-hydrogen) atoms. The largest absolute Gasteiger partial charge is 0.478 e. The van der Waals surface area contributed by atoms with Gasteiger partial charge in [0.2, 0.25) is 0 Å². The van der Waals surface area contributed by atoms with Crippen LogP contribution in [0.1, 0.15) is 15.9 Å². The number of nitrogens with one attached hydrogen (secondary N) is 1. The lowest BCUT2D eigenvalue weighted by atomic mass is 10.1. The van der Waals surface area contributed by atoms with Gasteiger partial charge in [-0.05, 0) is 36.8 Å². The standard InChI is InChI=1S/C14H12FNO4S/c1-9-10(14(17)18)5-4-8-13(9)21(19,20)16-12-7-3-2-6-11(12)15/h2-8,16H,1H3,(H,17,18). The average Bonchev–Trinajstić information content (AvgIpc) is 2.41. The molecule has 0 aliphatic rings. The van der Waals surface area contributed by atoms with E-state index in [9.17, 15) is 17.6 Å². The zero-order valence-electron chi connectivity index (χ0n) is 11.0. The van der Waals surface area contributed by atoms with Crippen LogP contribution in [-0.4, -0.2) is 19.5 Å². The van der Waals surface area contributed by atoms with Gasteiger partial charge in [0.05, 0.1) is 16.1 Å². The highest BCUT2D eigenvalue weighted by Gasteiger charge is 2.21. The smallest absolute Gasteiger partial charge is 0.335 e. The number of hydrogen-bond donors (Lipinski definition) is 2. The molecule has 0 unspecified atom stereocenters. The zero-order valence-corrected chi connectivity index (χ0v) is 11.8. The first-order chi connectivity index (χ1) is 9.83. The van der Waals surface area contributed by atoms with E-state index in [0.717, 1.165) is 6.07 Å². The van der Waals surface area contributed by atoms with Gasteiger partial charge < -0.3 is 5.11 Å². The number of anilines is 1. The first-order valence-corrected chi connectivity index (χ1v) is 7.41. The van der Waals surface area contributed by atoms with E-state index in [1.54, 1.807) is 0 Å². The molecule has 2 rings (SSSR count). The Morgan fingerprint density at radius 3 is 2.43 bits per heavy atom. The molecule has 0 fully saturated rings. The summed E-state index contributed by atoms with van der Waals surface area (Å²) in [6.07, 6.45) is 0. The quantitative estimate of drug-likeness (QED) is 0.909. The SMILES string of the molecule is Cc1c(C(=O)O)cccc1S(=O)(=O)Nc1ccccc1F. The van der Waals surface area contributed by atoms with Crippen LogP contribution in [0.25, 0.3) is 0 Å². The van der Waals surface area contributed by atoms with Crippen LogP contribution in [-0.2, 0) is 10.0 Å². The first-order valence-electron chi connectivity index (χ1n) is 5.93. The number of aromatic carboxylic acids is 1. The van der Waals surface area contributed by atoms with Crippen molar-refractivity contribution >= 4 is 21.7 Å². The van der Waals surface area contributed by atoms with Gasteiger partial charge in [0, 0.05) is 0 Å². The monoisotopic (exact) mass is 309 g/mol. The maximum atomic E-state index is 13.5. The maximum Gasteiger partial charge on any atom is 0.335 e. The number of rotatable bonds is 4. The van der Waals surface area contributed by atoms with Gasteiger partial charge in [-0.2, -0.15) is 0 Å². The molecule has 0 aromatic heterocycles. The minimum absolute atomic E-state index is 0.0915. The number of hydrogen-bond acceptors (Lipinski definition) is 3. The summed E-state index contributed by atoms with van der Waals surface area (Å²) < 4.78 is 40.2. The Kier molecular flexibility index (Phi) is 3.95. The number of para-hydroxylation sites is 1. The van der Waals surface area contributed by atoms with Gasteiger partial charge >= 0.3 is 5.97 Å². The summed E-state index contributed by atoms with van der Waals surface area (Å²) in [4.78, 5) is 10.8. The molecular weight excluding hydrogens is 297 g/mol. The lowest BCUT2D eigenvalue weighted by Gasteiger charge is -2.12. The molecule has 0 radical (unpaired) electrons. The van der Waals surface area contributed by atoms with Crippen molar-refractivity contribution in [1.29, 1.82) is 0 Å². The average molecular weight is 309 g/mol. The Hall–Kier alpha value is -2.41. The Labute approximate surface area is 121 Å². The molecule has 7 heteroatoms. The van der Waals surface area contributed by atoms with Gasteiger partial charge in [0.1, 0.15) is 5.82 Å². The molecule has 0 saturated heterocycles. The maximum absolute atomic E-state index is 13.5.